The predicted molar refractivity (Wildman–Crippen MR) is 57.2 cm³/mol. The minimum absolute atomic E-state index is 0.215. The van der Waals surface area contributed by atoms with Crippen molar-refractivity contribution < 1.29 is 9.53 Å². The zero-order valence-electron chi connectivity index (χ0n) is 7.70. The fraction of sp³-hybridized carbons (Fsp3) is 0.182. The number of rotatable bonds is 4. The highest BCUT2D eigenvalue weighted by molar-refractivity contribution is 6.18. The van der Waals surface area contributed by atoms with Crippen LogP contribution in [0.5, 0.6) is 0 Å². The maximum Gasteiger partial charge on any atom is 0.338 e. The van der Waals surface area contributed by atoms with E-state index in [0.29, 0.717) is 11.5 Å². The van der Waals surface area contributed by atoms with Crippen LogP contribution in [0.25, 0.3) is 5.57 Å². The first kappa shape index (κ1) is 10.8. The Hall–Kier alpha value is -1.28. The quantitative estimate of drug-likeness (QED) is 0.434. The van der Waals surface area contributed by atoms with Crippen molar-refractivity contribution in [3.05, 3.63) is 42.5 Å². The molecular weight excluding hydrogens is 200 g/mol. The molecule has 0 aliphatic heterocycles. The number of carbonyl (C=O) groups excluding carboxylic acids is 1. The average Bonchev–Trinajstić information content (AvgIpc) is 2.26. The summed E-state index contributed by atoms with van der Waals surface area (Å²) in [6.07, 6.45) is 0. The van der Waals surface area contributed by atoms with Crippen molar-refractivity contribution in [2.24, 2.45) is 0 Å². The minimum atomic E-state index is -0.420. The molecule has 14 heavy (non-hydrogen) atoms. The van der Waals surface area contributed by atoms with Crippen LogP contribution in [0.15, 0.2) is 36.9 Å². The Bertz CT molecular complexity index is 319. The molecule has 1 aromatic rings. The molecule has 0 spiro atoms. The number of halogens is 1. The third-order valence-corrected chi connectivity index (χ3v) is 1.83. The molecule has 0 N–H and O–H groups in total. The molecule has 0 aliphatic rings. The Morgan fingerprint density at radius 1 is 1.36 bits per heavy atom. The van der Waals surface area contributed by atoms with E-state index in [2.05, 4.69) is 6.58 Å². The number of carbonyl (C=O) groups is 1. The molecule has 74 valence electrons. The summed E-state index contributed by atoms with van der Waals surface area (Å²) in [5.41, 5.74) is 1.13. The molecule has 0 bridgehead atoms. The molecule has 1 rings (SSSR count). The van der Waals surface area contributed by atoms with E-state index in [4.69, 9.17) is 16.3 Å². The zero-order valence-corrected chi connectivity index (χ0v) is 8.46. The third-order valence-electron chi connectivity index (χ3n) is 1.68. The van der Waals surface area contributed by atoms with Crippen LogP contribution in [0.1, 0.15) is 5.56 Å². The molecule has 0 aliphatic carbocycles. The van der Waals surface area contributed by atoms with Gasteiger partial charge in [0.1, 0.15) is 6.61 Å². The van der Waals surface area contributed by atoms with Gasteiger partial charge in [-0.25, -0.2) is 4.79 Å². The standard InChI is InChI=1S/C11H11ClO2/c1-9(11(13)14-8-7-12)10-5-3-2-4-6-10/h2-6H,1,7-8H2. The molecule has 0 amide bonds. The molecule has 1 aromatic carbocycles. The molecule has 0 fully saturated rings. The van der Waals surface area contributed by atoms with Crippen LogP contribution in [-0.4, -0.2) is 18.5 Å². The van der Waals surface area contributed by atoms with Crippen molar-refractivity contribution in [1.29, 1.82) is 0 Å². The predicted octanol–water partition coefficient (Wildman–Crippen LogP) is 2.48. The summed E-state index contributed by atoms with van der Waals surface area (Å²) < 4.78 is 4.84. The van der Waals surface area contributed by atoms with Gasteiger partial charge in [-0.05, 0) is 5.56 Å². The Balaban J connectivity index is 2.62. The van der Waals surface area contributed by atoms with Gasteiger partial charge in [0.2, 0.25) is 0 Å². The van der Waals surface area contributed by atoms with Gasteiger partial charge in [0.05, 0.1) is 11.5 Å². The number of hydrogen-bond donors (Lipinski definition) is 0. The second-order valence-electron chi connectivity index (χ2n) is 2.67. The Morgan fingerprint density at radius 2 is 2.00 bits per heavy atom. The largest absolute Gasteiger partial charge is 0.461 e. The number of ether oxygens (including phenoxy) is 1. The molecule has 0 heterocycles. The van der Waals surface area contributed by atoms with Gasteiger partial charge in [0.25, 0.3) is 0 Å². The lowest BCUT2D eigenvalue weighted by Gasteiger charge is -2.05. The molecule has 0 atom stereocenters. The molecular formula is C11H11ClO2. The van der Waals surface area contributed by atoms with Gasteiger partial charge in [0.15, 0.2) is 0 Å². The molecule has 0 saturated carbocycles. The molecule has 0 saturated heterocycles. The fourth-order valence-electron chi connectivity index (χ4n) is 0.976. The van der Waals surface area contributed by atoms with Gasteiger partial charge in [-0.3, -0.25) is 0 Å². The highest BCUT2D eigenvalue weighted by Crippen LogP contribution is 2.12. The lowest BCUT2D eigenvalue weighted by Crippen LogP contribution is -2.08. The Kier molecular flexibility index (Phi) is 4.20. The van der Waals surface area contributed by atoms with Crippen molar-refractivity contribution >= 4 is 23.1 Å². The van der Waals surface area contributed by atoms with Gasteiger partial charge in [-0.1, -0.05) is 36.9 Å². The van der Waals surface area contributed by atoms with E-state index in [0.717, 1.165) is 5.56 Å². The van der Waals surface area contributed by atoms with Crippen LogP contribution in [0.4, 0.5) is 0 Å². The minimum Gasteiger partial charge on any atom is -0.461 e. The van der Waals surface area contributed by atoms with E-state index in [-0.39, 0.29) is 6.61 Å². The van der Waals surface area contributed by atoms with Crippen LogP contribution in [0, 0.1) is 0 Å². The Labute approximate surface area is 88.1 Å². The van der Waals surface area contributed by atoms with Crippen molar-refractivity contribution in [2.75, 3.05) is 12.5 Å². The second kappa shape index (κ2) is 5.45. The first-order valence-electron chi connectivity index (χ1n) is 4.23. The van der Waals surface area contributed by atoms with E-state index in [1.54, 1.807) is 0 Å². The van der Waals surface area contributed by atoms with E-state index < -0.39 is 5.97 Å². The summed E-state index contributed by atoms with van der Waals surface area (Å²) in [4.78, 5) is 11.3. The molecule has 3 heteroatoms. The van der Waals surface area contributed by atoms with Gasteiger partial charge in [-0.15, -0.1) is 11.6 Å². The first-order chi connectivity index (χ1) is 6.75. The van der Waals surface area contributed by atoms with Crippen molar-refractivity contribution in [3.63, 3.8) is 0 Å². The van der Waals surface area contributed by atoms with E-state index >= 15 is 0 Å². The second-order valence-corrected chi connectivity index (χ2v) is 3.05. The maximum atomic E-state index is 11.3. The number of alkyl halides is 1. The molecule has 0 aromatic heterocycles. The topological polar surface area (TPSA) is 26.3 Å². The molecule has 0 radical (unpaired) electrons. The summed E-state index contributed by atoms with van der Waals surface area (Å²) in [5.74, 6) is -0.120. The maximum absolute atomic E-state index is 11.3. The molecule has 2 nitrogen and oxygen atoms in total. The smallest absolute Gasteiger partial charge is 0.338 e. The number of hydrogen-bond acceptors (Lipinski definition) is 2. The van der Waals surface area contributed by atoms with Crippen LogP contribution >= 0.6 is 11.6 Å². The van der Waals surface area contributed by atoms with Gasteiger partial charge in [-0.2, -0.15) is 0 Å². The van der Waals surface area contributed by atoms with Crippen molar-refractivity contribution in [2.45, 2.75) is 0 Å². The van der Waals surface area contributed by atoms with Crippen LogP contribution < -0.4 is 0 Å². The zero-order chi connectivity index (χ0) is 10.4. The van der Waals surface area contributed by atoms with Crippen LogP contribution in [0.2, 0.25) is 0 Å². The summed E-state index contributed by atoms with van der Waals surface area (Å²) in [7, 11) is 0. The summed E-state index contributed by atoms with van der Waals surface area (Å²) in [6, 6.07) is 9.18. The lowest BCUT2D eigenvalue weighted by molar-refractivity contribution is -0.135. The van der Waals surface area contributed by atoms with E-state index in [9.17, 15) is 4.79 Å². The Morgan fingerprint density at radius 3 is 2.57 bits per heavy atom. The first-order valence-corrected chi connectivity index (χ1v) is 4.76. The normalized spacial score (nSPS) is 9.50. The van der Waals surface area contributed by atoms with Gasteiger partial charge in [0, 0.05) is 0 Å². The third kappa shape index (κ3) is 2.89. The van der Waals surface area contributed by atoms with Gasteiger partial charge < -0.3 is 4.74 Å². The monoisotopic (exact) mass is 210 g/mol. The van der Waals surface area contributed by atoms with Crippen LogP contribution in [0.3, 0.4) is 0 Å². The highest BCUT2D eigenvalue weighted by Gasteiger charge is 2.09. The number of benzene rings is 1. The van der Waals surface area contributed by atoms with E-state index in [1.807, 2.05) is 30.3 Å². The summed E-state index contributed by atoms with van der Waals surface area (Å²) in [6.45, 7) is 3.87. The van der Waals surface area contributed by atoms with Crippen molar-refractivity contribution in [3.8, 4) is 0 Å². The lowest BCUT2D eigenvalue weighted by atomic mass is 10.1. The summed E-state index contributed by atoms with van der Waals surface area (Å²) in [5, 5.41) is 0. The van der Waals surface area contributed by atoms with Gasteiger partial charge >= 0.3 is 5.97 Å². The van der Waals surface area contributed by atoms with Crippen LogP contribution in [-0.2, 0) is 9.53 Å². The van der Waals surface area contributed by atoms with E-state index in [1.165, 1.54) is 0 Å². The average molecular weight is 211 g/mol. The highest BCUT2D eigenvalue weighted by atomic mass is 35.5. The number of esters is 1. The SMILES string of the molecule is C=C(C(=O)OCCCl)c1ccccc1. The molecule has 0 unspecified atom stereocenters. The fourth-order valence-corrected chi connectivity index (χ4v) is 1.05. The van der Waals surface area contributed by atoms with Crippen molar-refractivity contribution in [1.82, 2.24) is 0 Å². The summed E-state index contributed by atoms with van der Waals surface area (Å²) >= 11 is 5.39.